The molecule has 1 fully saturated rings. The first-order valence-corrected chi connectivity index (χ1v) is 10.8. The minimum Gasteiger partial charge on any atom is -0.359 e. The largest absolute Gasteiger partial charge is 0.359 e. The molecule has 3 nitrogen and oxygen atoms in total. The first kappa shape index (κ1) is 20.8. The van der Waals surface area contributed by atoms with Crippen LogP contribution in [0.15, 0.2) is 72.8 Å². The average Bonchev–Trinajstić information content (AvgIpc) is 2.75. The van der Waals surface area contributed by atoms with Crippen LogP contribution in [-0.4, -0.2) is 24.0 Å². The van der Waals surface area contributed by atoms with Crippen molar-refractivity contribution in [2.24, 2.45) is 0 Å². The van der Waals surface area contributed by atoms with Crippen molar-refractivity contribution in [2.75, 3.05) is 18.0 Å². The molecule has 1 aliphatic heterocycles. The zero-order valence-corrected chi connectivity index (χ0v) is 18.3. The number of nitriles is 1. The number of rotatable bonds is 4. The second kappa shape index (κ2) is 9.10. The van der Waals surface area contributed by atoms with E-state index in [-0.39, 0.29) is 6.04 Å². The summed E-state index contributed by atoms with van der Waals surface area (Å²) in [4.78, 5) is 4.96. The van der Waals surface area contributed by atoms with Crippen LogP contribution in [0.2, 0.25) is 10.0 Å². The molecule has 0 aliphatic carbocycles. The fourth-order valence-electron chi connectivity index (χ4n) is 4.25. The summed E-state index contributed by atoms with van der Waals surface area (Å²) in [7, 11) is 0. The molecule has 0 spiro atoms. The third kappa shape index (κ3) is 4.63. The van der Waals surface area contributed by atoms with Crippen LogP contribution in [-0.2, 0) is 6.54 Å². The van der Waals surface area contributed by atoms with Gasteiger partial charge in [-0.15, -0.1) is 0 Å². The van der Waals surface area contributed by atoms with E-state index in [0.717, 1.165) is 29.7 Å². The van der Waals surface area contributed by atoms with Gasteiger partial charge in [0.15, 0.2) is 0 Å². The van der Waals surface area contributed by atoms with Crippen LogP contribution >= 0.6 is 23.2 Å². The topological polar surface area (TPSA) is 30.3 Å². The predicted octanol–water partition coefficient (Wildman–Crippen LogP) is 6.32. The molecule has 1 saturated heterocycles. The maximum Gasteiger partial charge on any atom is 0.0991 e. The van der Waals surface area contributed by atoms with Crippen LogP contribution in [0.25, 0.3) is 0 Å². The first-order valence-electron chi connectivity index (χ1n) is 10.0. The van der Waals surface area contributed by atoms with E-state index in [4.69, 9.17) is 28.5 Å². The normalized spacial score (nSPS) is 19.5. The number of benzene rings is 3. The summed E-state index contributed by atoms with van der Waals surface area (Å²) in [6.45, 7) is 4.97. The smallest absolute Gasteiger partial charge is 0.0991 e. The molecular weight excluding hydrogens is 413 g/mol. The Bertz CT molecular complexity index is 1020. The van der Waals surface area contributed by atoms with E-state index in [9.17, 15) is 0 Å². The van der Waals surface area contributed by atoms with Crippen molar-refractivity contribution in [2.45, 2.75) is 25.6 Å². The summed E-state index contributed by atoms with van der Waals surface area (Å²) in [5.74, 6) is 0. The maximum absolute atomic E-state index is 9.04. The Labute approximate surface area is 188 Å². The third-order valence-electron chi connectivity index (χ3n) is 5.63. The van der Waals surface area contributed by atoms with Gasteiger partial charge < -0.3 is 4.90 Å². The Hall–Kier alpha value is -2.51. The second-order valence-corrected chi connectivity index (χ2v) is 8.68. The van der Waals surface area contributed by atoms with Gasteiger partial charge in [-0.25, -0.2) is 0 Å². The standard InChI is InChI=1S/C25H23Cl2N3/c1-18-15-29(16-20-4-2-19(14-28)3-5-20)17-25(21-6-8-22(26)9-7-21)30(18)24-12-10-23(27)11-13-24/h2-13,18,25H,15-17H2,1H3/t18?,25-/m0/s1. The van der Waals surface area contributed by atoms with Gasteiger partial charge in [-0.05, 0) is 66.6 Å². The number of nitrogens with zero attached hydrogens (tertiary/aromatic N) is 3. The molecule has 1 unspecified atom stereocenters. The van der Waals surface area contributed by atoms with Crippen molar-refractivity contribution in [3.05, 3.63) is 99.5 Å². The molecular formula is C25H23Cl2N3. The van der Waals surface area contributed by atoms with Gasteiger partial charge >= 0.3 is 0 Å². The summed E-state index contributed by atoms with van der Waals surface area (Å²) < 4.78 is 0. The summed E-state index contributed by atoms with van der Waals surface area (Å²) >= 11 is 12.3. The molecule has 0 saturated carbocycles. The molecule has 0 aromatic heterocycles. The second-order valence-electron chi connectivity index (χ2n) is 7.80. The van der Waals surface area contributed by atoms with Crippen LogP contribution < -0.4 is 4.90 Å². The molecule has 0 bridgehead atoms. The van der Waals surface area contributed by atoms with E-state index >= 15 is 0 Å². The van der Waals surface area contributed by atoms with Crippen LogP contribution in [0.5, 0.6) is 0 Å². The molecule has 152 valence electrons. The first-order chi connectivity index (χ1) is 14.5. The van der Waals surface area contributed by atoms with E-state index < -0.39 is 0 Å². The van der Waals surface area contributed by atoms with Gasteiger partial charge in [0.1, 0.15) is 0 Å². The van der Waals surface area contributed by atoms with Gasteiger partial charge in [-0.3, -0.25) is 4.90 Å². The third-order valence-corrected chi connectivity index (χ3v) is 6.14. The zero-order valence-electron chi connectivity index (χ0n) is 16.8. The lowest BCUT2D eigenvalue weighted by Gasteiger charge is -2.47. The van der Waals surface area contributed by atoms with Crippen molar-refractivity contribution >= 4 is 28.9 Å². The van der Waals surface area contributed by atoms with Crippen molar-refractivity contribution in [1.82, 2.24) is 4.90 Å². The fourth-order valence-corrected chi connectivity index (χ4v) is 4.50. The highest BCUT2D eigenvalue weighted by Gasteiger charge is 2.33. The van der Waals surface area contributed by atoms with Crippen molar-refractivity contribution < 1.29 is 0 Å². The number of hydrogen-bond donors (Lipinski definition) is 0. The lowest BCUT2D eigenvalue weighted by Crippen LogP contribution is -2.53. The van der Waals surface area contributed by atoms with Crippen molar-refractivity contribution in [1.29, 1.82) is 5.26 Å². The van der Waals surface area contributed by atoms with Crippen LogP contribution in [0.4, 0.5) is 5.69 Å². The molecule has 0 N–H and O–H groups in total. The number of anilines is 1. The van der Waals surface area contributed by atoms with E-state index in [1.807, 2.05) is 48.5 Å². The van der Waals surface area contributed by atoms with E-state index in [2.05, 4.69) is 47.1 Å². The molecule has 0 amide bonds. The number of hydrogen-bond acceptors (Lipinski definition) is 3. The molecule has 3 aromatic rings. The Morgan fingerprint density at radius 1 is 0.867 bits per heavy atom. The Morgan fingerprint density at radius 2 is 1.47 bits per heavy atom. The molecule has 5 heteroatoms. The number of halogens is 2. The Morgan fingerprint density at radius 3 is 2.07 bits per heavy atom. The number of piperazine rings is 1. The van der Waals surface area contributed by atoms with Gasteiger partial charge in [-0.1, -0.05) is 47.5 Å². The molecule has 30 heavy (non-hydrogen) atoms. The van der Waals surface area contributed by atoms with E-state index in [1.54, 1.807) is 0 Å². The summed E-state index contributed by atoms with van der Waals surface area (Å²) in [5.41, 5.74) is 4.32. The molecule has 4 rings (SSSR count). The Balaban J connectivity index is 1.62. The van der Waals surface area contributed by atoms with Gasteiger partial charge in [0.25, 0.3) is 0 Å². The minimum absolute atomic E-state index is 0.200. The van der Waals surface area contributed by atoms with Crippen molar-refractivity contribution in [3.8, 4) is 6.07 Å². The van der Waals surface area contributed by atoms with Gasteiger partial charge in [0.05, 0.1) is 17.7 Å². The quantitative estimate of drug-likeness (QED) is 0.480. The fraction of sp³-hybridized carbons (Fsp3) is 0.240. The van der Waals surface area contributed by atoms with Crippen LogP contribution in [0, 0.1) is 11.3 Å². The van der Waals surface area contributed by atoms with Gasteiger partial charge in [-0.2, -0.15) is 5.26 Å². The van der Waals surface area contributed by atoms with E-state index in [0.29, 0.717) is 11.6 Å². The zero-order chi connectivity index (χ0) is 21.1. The summed E-state index contributed by atoms with van der Waals surface area (Å²) in [5, 5.41) is 10.5. The summed E-state index contributed by atoms with van der Waals surface area (Å²) in [6.07, 6.45) is 0. The van der Waals surface area contributed by atoms with Gasteiger partial charge in [0, 0.05) is 41.4 Å². The highest BCUT2D eigenvalue weighted by Crippen LogP contribution is 2.35. The lowest BCUT2D eigenvalue weighted by molar-refractivity contribution is 0.187. The minimum atomic E-state index is 0.200. The van der Waals surface area contributed by atoms with Crippen molar-refractivity contribution in [3.63, 3.8) is 0 Å². The highest BCUT2D eigenvalue weighted by atomic mass is 35.5. The summed E-state index contributed by atoms with van der Waals surface area (Å²) in [6, 6.07) is 26.8. The lowest BCUT2D eigenvalue weighted by atomic mass is 9.97. The molecule has 3 aromatic carbocycles. The molecule has 1 heterocycles. The molecule has 2 atom stereocenters. The predicted molar refractivity (Wildman–Crippen MR) is 124 cm³/mol. The van der Waals surface area contributed by atoms with Crippen LogP contribution in [0.1, 0.15) is 29.7 Å². The highest BCUT2D eigenvalue weighted by molar-refractivity contribution is 6.30. The van der Waals surface area contributed by atoms with Crippen LogP contribution in [0.3, 0.4) is 0 Å². The van der Waals surface area contributed by atoms with E-state index in [1.165, 1.54) is 16.8 Å². The SMILES string of the molecule is CC1CN(Cc2ccc(C#N)cc2)C[C@@H](c2ccc(Cl)cc2)N1c1ccc(Cl)cc1. The maximum atomic E-state index is 9.04. The monoisotopic (exact) mass is 435 g/mol. The molecule has 0 radical (unpaired) electrons. The average molecular weight is 436 g/mol. The molecule has 1 aliphatic rings. The Kier molecular flexibility index (Phi) is 6.29. The van der Waals surface area contributed by atoms with Gasteiger partial charge in [0.2, 0.25) is 0 Å².